The molecule has 0 saturated heterocycles. The van der Waals surface area contributed by atoms with Crippen LogP contribution in [-0.4, -0.2) is 25.3 Å². The second-order valence-corrected chi connectivity index (χ2v) is 4.52. The first-order valence-corrected chi connectivity index (χ1v) is 6.59. The minimum atomic E-state index is -0.464. The van der Waals surface area contributed by atoms with Crippen molar-refractivity contribution in [1.82, 2.24) is 0 Å². The van der Waals surface area contributed by atoms with Crippen LogP contribution in [0.25, 0.3) is 10.8 Å². The van der Waals surface area contributed by atoms with E-state index in [4.69, 9.17) is 9.47 Å². The van der Waals surface area contributed by atoms with Crippen molar-refractivity contribution >= 4 is 16.7 Å². The monoisotopic (exact) mass is 276 g/mol. The van der Waals surface area contributed by atoms with Gasteiger partial charge in [-0.1, -0.05) is 24.3 Å². The summed E-state index contributed by atoms with van der Waals surface area (Å²) < 4.78 is 24.2. The number of benzene rings is 2. The van der Waals surface area contributed by atoms with E-state index < -0.39 is 5.97 Å². The normalized spacial score (nSPS) is 12.3. The smallest absolute Gasteiger partial charge is 0.339 e. The first-order valence-electron chi connectivity index (χ1n) is 6.59. The van der Waals surface area contributed by atoms with Gasteiger partial charge in [0.1, 0.15) is 11.9 Å². The highest BCUT2D eigenvalue weighted by Crippen LogP contribution is 2.22. The van der Waals surface area contributed by atoms with Crippen molar-refractivity contribution in [3.8, 4) is 0 Å². The standard InChI is InChI=1S/C16H17FO3/c1-3-19-10-11(2)20-16(18)14-8-9-15(17)13-7-5-4-6-12(13)14/h4-9,11H,3,10H2,1-2H3. The third-order valence-corrected chi connectivity index (χ3v) is 2.96. The predicted molar refractivity (Wildman–Crippen MR) is 75.3 cm³/mol. The third kappa shape index (κ3) is 3.14. The lowest BCUT2D eigenvalue weighted by atomic mass is 10.0. The third-order valence-electron chi connectivity index (χ3n) is 2.96. The first kappa shape index (κ1) is 14.5. The van der Waals surface area contributed by atoms with Gasteiger partial charge in [-0.3, -0.25) is 0 Å². The predicted octanol–water partition coefficient (Wildman–Crippen LogP) is 3.56. The molecule has 106 valence electrons. The highest BCUT2D eigenvalue weighted by molar-refractivity contribution is 6.04. The molecule has 0 radical (unpaired) electrons. The van der Waals surface area contributed by atoms with E-state index in [9.17, 15) is 9.18 Å². The summed E-state index contributed by atoms with van der Waals surface area (Å²) in [5.74, 6) is -0.812. The summed E-state index contributed by atoms with van der Waals surface area (Å²) in [7, 11) is 0. The van der Waals surface area contributed by atoms with Gasteiger partial charge in [0.2, 0.25) is 0 Å². The summed E-state index contributed by atoms with van der Waals surface area (Å²) in [6, 6.07) is 9.59. The maximum atomic E-state index is 13.7. The van der Waals surface area contributed by atoms with Crippen LogP contribution in [0.4, 0.5) is 4.39 Å². The average Bonchev–Trinajstić information content (AvgIpc) is 2.45. The molecule has 0 aliphatic heterocycles. The average molecular weight is 276 g/mol. The minimum Gasteiger partial charge on any atom is -0.457 e. The molecule has 2 aromatic carbocycles. The molecule has 2 rings (SSSR count). The van der Waals surface area contributed by atoms with Crippen LogP contribution in [0.15, 0.2) is 36.4 Å². The largest absolute Gasteiger partial charge is 0.457 e. The number of esters is 1. The molecule has 1 unspecified atom stereocenters. The van der Waals surface area contributed by atoms with Crippen LogP contribution in [0.2, 0.25) is 0 Å². The molecule has 20 heavy (non-hydrogen) atoms. The molecule has 2 aromatic rings. The summed E-state index contributed by atoms with van der Waals surface area (Å²) >= 11 is 0. The Kier molecular flexibility index (Phi) is 4.69. The number of fused-ring (bicyclic) bond motifs is 1. The Balaban J connectivity index is 2.24. The van der Waals surface area contributed by atoms with Crippen molar-refractivity contribution < 1.29 is 18.7 Å². The minimum absolute atomic E-state index is 0.341. The van der Waals surface area contributed by atoms with Crippen LogP contribution in [0.1, 0.15) is 24.2 Å². The molecule has 0 aliphatic rings. The maximum absolute atomic E-state index is 13.7. The van der Waals surface area contributed by atoms with Gasteiger partial charge in [-0.15, -0.1) is 0 Å². The van der Waals surface area contributed by atoms with E-state index in [0.29, 0.717) is 29.5 Å². The Morgan fingerprint density at radius 1 is 1.20 bits per heavy atom. The lowest BCUT2D eigenvalue weighted by Crippen LogP contribution is -2.20. The van der Waals surface area contributed by atoms with Crippen molar-refractivity contribution in [2.75, 3.05) is 13.2 Å². The second-order valence-electron chi connectivity index (χ2n) is 4.52. The van der Waals surface area contributed by atoms with Gasteiger partial charge in [0.15, 0.2) is 0 Å². The van der Waals surface area contributed by atoms with Gasteiger partial charge in [-0.25, -0.2) is 9.18 Å². The van der Waals surface area contributed by atoms with E-state index in [-0.39, 0.29) is 11.9 Å². The molecule has 0 heterocycles. The van der Waals surface area contributed by atoms with Crippen LogP contribution in [0.3, 0.4) is 0 Å². The van der Waals surface area contributed by atoms with Crippen LogP contribution >= 0.6 is 0 Å². The second kappa shape index (κ2) is 6.48. The van der Waals surface area contributed by atoms with Gasteiger partial charge in [-0.05, 0) is 31.4 Å². The lowest BCUT2D eigenvalue weighted by Gasteiger charge is -2.14. The molecule has 0 saturated carbocycles. The molecule has 0 bridgehead atoms. The van der Waals surface area contributed by atoms with Gasteiger partial charge in [0, 0.05) is 12.0 Å². The first-order chi connectivity index (χ1) is 9.63. The van der Waals surface area contributed by atoms with E-state index >= 15 is 0 Å². The number of carbonyl (C=O) groups excluding carboxylic acids is 1. The van der Waals surface area contributed by atoms with Crippen molar-refractivity contribution in [2.45, 2.75) is 20.0 Å². The van der Waals surface area contributed by atoms with Gasteiger partial charge in [0.25, 0.3) is 0 Å². The summed E-state index contributed by atoms with van der Waals surface area (Å²) in [6.07, 6.45) is -0.341. The SMILES string of the molecule is CCOCC(C)OC(=O)c1ccc(F)c2ccccc12. The molecule has 0 aromatic heterocycles. The van der Waals surface area contributed by atoms with E-state index in [1.54, 1.807) is 31.2 Å². The van der Waals surface area contributed by atoms with Crippen molar-refractivity contribution in [2.24, 2.45) is 0 Å². The quantitative estimate of drug-likeness (QED) is 0.783. The number of halogens is 1. The lowest BCUT2D eigenvalue weighted by molar-refractivity contribution is 0.00457. The van der Waals surface area contributed by atoms with E-state index in [0.717, 1.165) is 0 Å². The van der Waals surface area contributed by atoms with Gasteiger partial charge < -0.3 is 9.47 Å². The Bertz CT molecular complexity index is 610. The Morgan fingerprint density at radius 2 is 1.90 bits per heavy atom. The summed E-state index contributed by atoms with van der Waals surface area (Å²) in [6.45, 7) is 4.56. The fourth-order valence-electron chi connectivity index (χ4n) is 2.00. The van der Waals surface area contributed by atoms with Gasteiger partial charge >= 0.3 is 5.97 Å². The van der Waals surface area contributed by atoms with Crippen molar-refractivity contribution in [3.05, 3.63) is 47.8 Å². The molecular formula is C16H17FO3. The molecule has 4 heteroatoms. The van der Waals surface area contributed by atoms with Crippen LogP contribution in [-0.2, 0) is 9.47 Å². The fraction of sp³-hybridized carbons (Fsp3) is 0.312. The summed E-state index contributed by atoms with van der Waals surface area (Å²) in [5, 5.41) is 0.973. The molecule has 1 atom stereocenters. The summed E-state index contributed by atoms with van der Waals surface area (Å²) in [4.78, 5) is 12.1. The number of hydrogen-bond donors (Lipinski definition) is 0. The number of carbonyl (C=O) groups is 1. The maximum Gasteiger partial charge on any atom is 0.339 e. The zero-order chi connectivity index (χ0) is 14.5. The molecule has 0 fully saturated rings. The topological polar surface area (TPSA) is 35.5 Å². The Labute approximate surface area is 117 Å². The molecule has 0 spiro atoms. The number of ether oxygens (including phenoxy) is 2. The zero-order valence-corrected chi connectivity index (χ0v) is 11.6. The van der Waals surface area contributed by atoms with Crippen LogP contribution in [0, 0.1) is 5.82 Å². The fourth-order valence-corrected chi connectivity index (χ4v) is 2.00. The molecule has 0 aliphatic carbocycles. The molecule has 0 amide bonds. The Hall–Kier alpha value is -1.94. The molecule has 0 N–H and O–H groups in total. The van der Waals surface area contributed by atoms with E-state index in [2.05, 4.69) is 0 Å². The van der Waals surface area contributed by atoms with Crippen molar-refractivity contribution in [1.29, 1.82) is 0 Å². The number of hydrogen-bond acceptors (Lipinski definition) is 3. The summed E-state index contributed by atoms with van der Waals surface area (Å²) in [5.41, 5.74) is 0.366. The van der Waals surface area contributed by atoms with Gasteiger partial charge in [-0.2, -0.15) is 0 Å². The highest BCUT2D eigenvalue weighted by Gasteiger charge is 2.16. The zero-order valence-electron chi connectivity index (χ0n) is 11.6. The van der Waals surface area contributed by atoms with E-state index in [1.807, 2.05) is 6.92 Å². The Morgan fingerprint density at radius 3 is 2.60 bits per heavy atom. The molecular weight excluding hydrogens is 259 g/mol. The molecule has 3 nitrogen and oxygen atoms in total. The number of rotatable bonds is 5. The van der Waals surface area contributed by atoms with Crippen LogP contribution in [0.5, 0.6) is 0 Å². The van der Waals surface area contributed by atoms with Crippen molar-refractivity contribution in [3.63, 3.8) is 0 Å². The van der Waals surface area contributed by atoms with E-state index in [1.165, 1.54) is 12.1 Å². The highest BCUT2D eigenvalue weighted by atomic mass is 19.1. The van der Waals surface area contributed by atoms with Crippen LogP contribution < -0.4 is 0 Å². The van der Waals surface area contributed by atoms with Gasteiger partial charge in [0.05, 0.1) is 12.2 Å².